The third kappa shape index (κ3) is 5.94. The molecule has 0 bridgehead atoms. The first-order valence-electron chi connectivity index (χ1n) is 9.56. The highest BCUT2D eigenvalue weighted by Crippen LogP contribution is 2.22. The number of nitrogens with zero attached hydrogens (tertiary/aromatic N) is 2. The van der Waals surface area contributed by atoms with E-state index in [1.54, 1.807) is 42.5 Å². The van der Waals surface area contributed by atoms with Gasteiger partial charge in [0, 0.05) is 27.4 Å². The number of carbonyl (C=O) groups excluding carboxylic acids is 1. The summed E-state index contributed by atoms with van der Waals surface area (Å²) in [6.07, 6.45) is 0. The molecule has 0 atom stereocenters. The average Bonchev–Trinajstić information content (AvgIpc) is 3.22. The van der Waals surface area contributed by atoms with Crippen molar-refractivity contribution in [3.63, 3.8) is 0 Å². The Kier molecular flexibility index (Phi) is 6.67. The van der Waals surface area contributed by atoms with Gasteiger partial charge in [-0.25, -0.2) is 8.78 Å². The summed E-state index contributed by atoms with van der Waals surface area (Å²) in [5.74, 6) is -1.20. The number of carbonyl (C=O) groups is 1. The zero-order chi connectivity index (χ0) is 23.4. The second-order valence-corrected chi connectivity index (χ2v) is 7.72. The van der Waals surface area contributed by atoms with Crippen molar-refractivity contribution in [1.82, 2.24) is 15.5 Å². The number of halogens is 4. The molecule has 33 heavy (non-hydrogen) atoms. The van der Waals surface area contributed by atoms with Gasteiger partial charge in [0.1, 0.15) is 11.6 Å². The molecule has 0 fully saturated rings. The van der Waals surface area contributed by atoms with Gasteiger partial charge in [-0.15, -0.1) is 0 Å². The van der Waals surface area contributed by atoms with E-state index in [-0.39, 0.29) is 28.3 Å². The highest BCUT2D eigenvalue weighted by molar-refractivity contribution is 6.31. The molecule has 0 saturated heterocycles. The minimum Gasteiger partial charge on any atom is -0.325 e. The van der Waals surface area contributed by atoms with Crippen molar-refractivity contribution in [1.29, 1.82) is 0 Å². The maximum Gasteiger partial charge on any atom is 0.257 e. The van der Waals surface area contributed by atoms with E-state index in [4.69, 9.17) is 23.2 Å². The lowest BCUT2D eigenvalue weighted by Crippen LogP contribution is -2.35. The Morgan fingerprint density at radius 3 is 2.30 bits per heavy atom. The molecule has 3 aromatic carbocycles. The van der Waals surface area contributed by atoms with Crippen LogP contribution in [0.1, 0.15) is 10.4 Å². The number of benzene rings is 3. The monoisotopic (exact) mass is 485 g/mol. The van der Waals surface area contributed by atoms with Crippen LogP contribution in [0.3, 0.4) is 0 Å². The van der Waals surface area contributed by atoms with Crippen molar-refractivity contribution >= 4 is 46.6 Å². The van der Waals surface area contributed by atoms with Crippen molar-refractivity contribution in [3.8, 4) is 11.3 Å². The molecule has 4 aromatic rings. The molecule has 0 aliphatic carbocycles. The first kappa shape index (κ1) is 22.4. The minimum atomic E-state index is -0.563. The maximum absolute atomic E-state index is 13.8. The Morgan fingerprint density at radius 1 is 0.879 bits per heavy atom. The number of amides is 1. The number of nitrogens with one attached hydrogen (secondary N) is 3. The molecule has 0 saturated carbocycles. The number of rotatable bonds is 4. The number of aromatic amines is 1. The number of aliphatic imine (C=N–C) groups is 1. The zero-order valence-corrected chi connectivity index (χ0v) is 18.3. The smallest absolute Gasteiger partial charge is 0.257 e. The summed E-state index contributed by atoms with van der Waals surface area (Å²) in [5.41, 5.74) is 1.89. The molecular weight excluding hydrogens is 471 g/mol. The predicted molar refractivity (Wildman–Crippen MR) is 125 cm³/mol. The molecule has 6 nitrogen and oxygen atoms in total. The Labute approximate surface area is 197 Å². The van der Waals surface area contributed by atoms with Gasteiger partial charge in [-0.1, -0.05) is 23.2 Å². The van der Waals surface area contributed by atoms with Gasteiger partial charge < -0.3 is 5.32 Å². The van der Waals surface area contributed by atoms with Crippen LogP contribution in [0.5, 0.6) is 0 Å². The van der Waals surface area contributed by atoms with Gasteiger partial charge in [-0.05, 0) is 72.3 Å². The molecule has 166 valence electrons. The molecule has 4 rings (SSSR count). The van der Waals surface area contributed by atoms with Crippen LogP contribution in [-0.2, 0) is 0 Å². The van der Waals surface area contributed by atoms with E-state index in [1.807, 2.05) is 0 Å². The van der Waals surface area contributed by atoms with E-state index in [2.05, 4.69) is 25.8 Å². The van der Waals surface area contributed by atoms with E-state index in [0.717, 1.165) is 6.07 Å². The Bertz CT molecular complexity index is 1300. The van der Waals surface area contributed by atoms with Crippen molar-refractivity contribution < 1.29 is 13.6 Å². The quantitative estimate of drug-likeness (QED) is 0.238. The average molecular weight is 486 g/mol. The van der Waals surface area contributed by atoms with Crippen molar-refractivity contribution in [2.45, 2.75) is 0 Å². The van der Waals surface area contributed by atoms with Crippen LogP contribution in [-0.4, -0.2) is 22.1 Å². The molecule has 0 unspecified atom stereocenters. The van der Waals surface area contributed by atoms with Gasteiger partial charge in [0.05, 0.1) is 5.69 Å². The highest BCUT2D eigenvalue weighted by atomic mass is 35.5. The number of anilines is 1. The van der Waals surface area contributed by atoms with Crippen LogP contribution in [0, 0.1) is 11.6 Å². The summed E-state index contributed by atoms with van der Waals surface area (Å²) in [6.45, 7) is 0. The predicted octanol–water partition coefficient (Wildman–Crippen LogP) is 6.19. The third-order valence-electron chi connectivity index (χ3n) is 4.41. The van der Waals surface area contributed by atoms with E-state index in [1.165, 1.54) is 24.3 Å². The Balaban J connectivity index is 1.64. The van der Waals surface area contributed by atoms with E-state index < -0.39 is 11.7 Å². The number of hydrogen-bond donors (Lipinski definition) is 3. The molecule has 1 heterocycles. The molecule has 0 spiro atoms. The minimum absolute atomic E-state index is 0.0197. The standard InChI is InChI=1S/C23H15Cl2F2N5O/c24-15-5-1-14(2-6-15)22(33)30-23(28-19-10-16(25)9-18(27)11-19)29-21-12-20(31-32-21)13-3-7-17(26)8-4-13/h1-12H,(H3,28,29,30,31,32,33). The topological polar surface area (TPSA) is 82.2 Å². The van der Waals surface area contributed by atoms with E-state index in [9.17, 15) is 13.6 Å². The zero-order valence-electron chi connectivity index (χ0n) is 16.7. The number of guanidine groups is 1. The maximum atomic E-state index is 13.8. The number of H-pyrrole nitrogens is 1. The van der Waals surface area contributed by atoms with Crippen molar-refractivity contribution in [2.24, 2.45) is 4.99 Å². The highest BCUT2D eigenvalue weighted by Gasteiger charge is 2.12. The largest absolute Gasteiger partial charge is 0.325 e. The second kappa shape index (κ2) is 9.81. The second-order valence-electron chi connectivity index (χ2n) is 6.85. The van der Waals surface area contributed by atoms with Gasteiger partial charge in [-0.2, -0.15) is 10.1 Å². The Morgan fingerprint density at radius 2 is 1.61 bits per heavy atom. The fourth-order valence-electron chi connectivity index (χ4n) is 2.89. The SMILES string of the molecule is O=C(NC(=Nc1cc(-c2ccc(F)cc2)[nH]n1)Nc1cc(F)cc(Cl)c1)c1ccc(Cl)cc1. The molecular formula is C23H15Cl2F2N5O. The molecule has 10 heteroatoms. The normalized spacial score (nSPS) is 11.3. The van der Waals surface area contributed by atoms with Crippen LogP contribution >= 0.6 is 23.2 Å². The van der Waals surface area contributed by atoms with E-state index in [0.29, 0.717) is 21.8 Å². The molecule has 0 radical (unpaired) electrons. The fraction of sp³-hybridized carbons (Fsp3) is 0. The van der Waals surface area contributed by atoms with Gasteiger partial charge in [-0.3, -0.25) is 15.2 Å². The van der Waals surface area contributed by atoms with Crippen molar-refractivity contribution in [3.05, 3.63) is 100 Å². The Hall–Kier alpha value is -3.75. The first-order valence-corrected chi connectivity index (χ1v) is 10.3. The van der Waals surface area contributed by atoms with Crippen LogP contribution in [0.2, 0.25) is 10.0 Å². The van der Waals surface area contributed by atoms with Crippen molar-refractivity contribution in [2.75, 3.05) is 5.32 Å². The van der Waals surface area contributed by atoms with Crippen LogP contribution < -0.4 is 10.6 Å². The van der Waals surface area contributed by atoms with Gasteiger partial charge >= 0.3 is 0 Å². The van der Waals surface area contributed by atoms with Crippen LogP contribution in [0.4, 0.5) is 20.3 Å². The molecule has 3 N–H and O–H groups in total. The third-order valence-corrected chi connectivity index (χ3v) is 4.88. The van der Waals surface area contributed by atoms with Gasteiger partial charge in [0.25, 0.3) is 5.91 Å². The summed E-state index contributed by atoms with van der Waals surface area (Å²) in [5, 5.41) is 13.0. The lowest BCUT2D eigenvalue weighted by atomic mass is 10.1. The summed E-state index contributed by atoms with van der Waals surface area (Å²) < 4.78 is 27.0. The molecule has 1 amide bonds. The number of hydrogen-bond acceptors (Lipinski definition) is 3. The first-order chi connectivity index (χ1) is 15.9. The number of aromatic nitrogens is 2. The summed E-state index contributed by atoms with van der Waals surface area (Å²) in [7, 11) is 0. The lowest BCUT2D eigenvalue weighted by Gasteiger charge is -2.12. The van der Waals surface area contributed by atoms with Gasteiger partial charge in [0.15, 0.2) is 5.82 Å². The van der Waals surface area contributed by atoms with Gasteiger partial charge in [0.2, 0.25) is 5.96 Å². The molecule has 0 aliphatic heterocycles. The fourth-order valence-corrected chi connectivity index (χ4v) is 3.24. The summed E-state index contributed by atoms with van der Waals surface area (Å²) >= 11 is 11.8. The summed E-state index contributed by atoms with van der Waals surface area (Å²) in [6, 6.07) is 17.5. The molecule has 1 aromatic heterocycles. The van der Waals surface area contributed by atoms with E-state index >= 15 is 0 Å². The lowest BCUT2D eigenvalue weighted by molar-refractivity contribution is 0.0977. The molecule has 0 aliphatic rings. The van der Waals surface area contributed by atoms with Crippen LogP contribution in [0.15, 0.2) is 77.8 Å². The summed E-state index contributed by atoms with van der Waals surface area (Å²) in [4.78, 5) is 17.0. The van der Waals surface area contributed by atoms with Crippen LogP contribution in [0.25, 0.3) is 11.3 Å².